The van der Waals surface area contributed by atoms with E-state index in [0.717, 1.165) is 30.0 Å². The zero-order valence-corrected chi connectivity index (χ0v) is 25.5. The Morgan fingerprint density at radius 2 is 1.69 bits per heavy atom. The zero-order chi connectivity index (χ0) is 24.4. The molecule has 0 radical (unpaired) electrons. The maximum atomic E-state index is 12.2. The molecule has 1 saturated heterocycles. The van der Waals surface area contributed by atoms with E-state index in [0.29, 0.717) is 6.42 Å². The molecule has 186 valence electrons. The molecule has 0 saturated carbocycles. The van der Waals surface area contributed by atoms with Crippen molar-refractivity contribution in [2.75, 3.05) is 6.61 Å². The van der Waals surface area contributed by atoms with Gasteiger partial charge in [0.05, 0.1) is 14.4 Å². The molecule has 0 bridgehead atoms. The first-order chi connectivity index (χ1) is 15.6. The van der Waals surface area contributed by atoms with Crippen LogP contribution >= 0.6 is 7.82 Å². The second-order valence-corrected chi connectivity index (χ2v) is 9.18. The Hall–Kier alpha value is 0.230. The number of hydrogen-bond donors (Lipinski definition) is 3. The topological polar surface area (TPSA) is 177 Å². The van der Waals surface area contributed by atoms with Crippen molar-refractivity contribution in [3.63, 3.8) is 0 Å². The number of aromatic nitrogens is 2. The van der Waals surface area contributed by atoms with Crippen LogP contribution in [0.15, 0.2) is 15.8 Å². The van der Waals surface area contributed by atoms with E-state index < -0.39 is 50.2 Å². The molecule has 1 aromatic rings. The van der Waals surface area contributed by atoms with Crippen LogP contribution in [0.25, 0.3) is 0 Å². The van der Waals surface area contributed by atoms with Gasteiger partial charge in [-0.1, -0.05) is 63.7 Å². The molecule has 11 nitrogen and oxygen atoms in total. The SMILES string of the molecule is CCCCCCCCCCC#Cc1cn([C@@H]2O[C@H](COP(=O)([O-])[O-])C(O)C2O)c(=O)[nH]c1=O.[Na+].[Na+]. The van der Waals surface area contributed by atoms with Crippen molar-refractivity contribution >= 4 is 7.82 Å². The quantitative estimate of drug-likeness (QED) is 0.102. The average molecular weight is 532 g/mol. The predicted octanol–water partition coefficient (Wildman–Crippen LogP) is -6.11. The number of nitrogens with zero attached hydrogens (tertiary/aromatic N) is 1. The Morgan fingerprint density at radius 3 is 2.29 bits per heavy atom. The minimum absolute atomic E-state index is 0. The van der Waals surface area contributed by atoms with Gasteiger partial charge in [-0.2, -0.15) is 0 Å². The van der Waals surface area contributed by atoms with Gasteiger partial charge in [-0.3, -0.25) is 14.3 Å². The van der Waals surface area contributed by atoms with Gasteiger partial charge in [0.1, 0.15) is 23.9 Å². The maximum absolute atomic E-state index is 12.2. The second-order valence-electron chi connectivity index (χ2n) is 8.03. The number of unbranched alkanes of at least 4 members (excludes halogenated alkanes) is 8. The van der Waals surface area contributed by atoms with Gasteiger partial charge in [-0.25, -0.2) is 4.79 Å². The Bertz CT molecular complexity index is 985. The number of aromatic amines is 1. The van der Waals surface area contributed by atoms with Crippen LogP contribution < -0.4 is 80.2 Å². The molecular formula is C21H31N2Na2O9P. The Balaban J connectivity index is 0.00000578. The van der Waals surface area contributed by atoms with Crippen LogP contribution in [-0.4, -0.2) is 44.7 Å². The molecule has 0 aliphatic carbocycles. The van der Waals surface area contributed by atoms with Crippen LogP contribution in [0.2, 0.25) is 0 Å². The Morgan fingerprint density at radius 1 is 1.09 bits per heavy atom. The molecule has 1 aliphatic heterocycles. The molecule has 0 spiro atoms. The van der Waals surface area contributed by atoms with Crippen LogP contribution in [0, 0.1) is 11.8 Å². The first kappa shape index (κ1) is 35.2. The van der Waals surface area contributed by atoms with Crippen molar-refractivity contribution < 1.29 is 92.9 Å². The average Bonchev–Trinajstić information content (AvgIpc) is 3.03. The number of phosphoric acid groups is 1. The molecule has 3 N–H and O–H groups in total. The van der Waals surface area contributed by atoms with Gasteiger partial charge in [0.2, 0.25) is 0 Å². The molecule has 2 heterocycles. The summed E-state index contributed by atoms with van der Waals surface area (Å²) in [5, 5.41) is 20.3. The smallest absolute Gasteiger partial charge is 0.790 e. The van der Waals surface area contributed by atoms with Crippen LogP contribution in [0.5, 0.6) is 0 Å². The van der Waals surface area contributed by atoms with Crippen molar-refractivity contribution in [3.05, 3.63) is 32.6 Å². The molecule has 1 aliphatic rings. The number of aliphatic hydroxyl groups is 2. The van der Waals surface area contributed by atoms with Gasteiger partial charge in [-0.15, -0.1) is 0 Å². The van der Waals surface area contributed by atoms with Gasteiger partial charge < -0.3 is 33.8 Å². The van der Waals surface area contributed by atoms with E-state index in [-0.39, 0.29) is 64.7 Å². The minimum Gasteiger partial charge on any atom is -0.790 e. The standard InChI is InChI=1S/C21H33N2O9P.2Na/c1-2-3-4-5-6-7-8-9-10-11-12-15-13-23(21(27)22-19(15)26)20-18(25)17(24)16(32-20)14-31-33(28,29)30;;/h13,16-18,20,24-25H,2-10,14H2,1H3,(H,22,26,27)(H2,28,29,30);;/q;2*+1/p-2/t16-,17?,18?,20-;;/m1../s1. The molecule has 14 heteroatoms. The number of phosphoric ester groups is 1. The molecule has 1 fully saturated rings. The fourth-order valence-corrected chi connectivity index (χ4v) is 3.86. The molecule has 0 aromatic carbocycles. The van der Waals surface area contributed by atoms with E-state index in [1.807, 2.05) is 0 Å². The largest absolute Gasteiger partial charge is 1.00 e. The normalized spacial score (nSPS) is 21.5. The van der Waals surface area contributed by atoms with Crippen LogP contribution in [0.1, 0.15) is 76.5 Å². The summed E-state index contributed by atoms with van der Waals surface area (Å²) in [5.74, 6) is 5.61. The fourth-order valence-electron chi connectivity index (χ4n) is 3.53. The molecule has 4 atom stereocenters. The first-order valence-electron chi connectivity index (χ1n) is 11.2. The molecule has 2 rings (SSSR count). The van der Waals surface area contributed by atoms with Gasteiger partial charge in [0.15, 0.2) is 6.23 Å². The number of H-pyrrole nitrogens is 1. The first-order valence-corrected chi connectivity index (χ1v) is 12.6. The summed E-state index contributed by atoms with van der Waals surface area (Å²) < 4.78 is 20.9. The van der Waals surface area contributed by atoms with Crippen molar-refractivity contribution in [2.45, 2.75) is 89.3 Å². The van der Waals surface area contributed by atoms with Crippen molar-refractivity contribution in [3.8, 4) is 11.8 Å². The number of ether oxygens (including phenoxy) is 1. The summed E-state index contributed by atoms with van der Waals surface area (Å²) in [7, 11) is -5.32. The van der Waals surface area contributed by atoms with Crippen molar-refractivity contribution in [1.29, 1.82) is 0 Å². The monoisotopic (exact) mass is 532 g/mol. The third kappa shape index (κ3) is 12.1. The van der Waals surface area contributed by atoms with Crippen molar-refractivity contribution in [1.82, 2.24) is 9.55 Å². The third-order valence-corrected chi connectivity index (χ3v) is 5.82. The number of hydrogen-bond acceptors (Lipinski definition) is 9. The van der Waals surface area contributed by atoms with E-state index >= 15 is 0 Å². The van der Waals surface area contributed by atoms with Gasteiger partial charge in [0.25, 0.3) is 5.56 Å². The van der Waals surface area contributed by atoms with Crippen LogP contribution in [0.3, 0.4) is 0 Å². The van der Waals surface area contributed by atoms with E-state index in [9.17, 15) is 34.2 Å². The number of nitrogens with one attached hydrogen (secondary N) is 1. The van der Waals surface area contributed by atoms with E-state index in [4.69, 9.17) is 4.74 Å². The molecule has 2 unspecified atom stereocenters. The van der Waals surface area contributed by atoms with E-state index in [1.54, 1.807) is 0 Å². The summed E-state index contributed by atoms with van der Waals surface area (Å²) >= 11 is 0. The summed E-state index contributed by atoms with van der Waals surface area (Å²) in [4.78, 5) is 47.6. The molecule has 0 amide bonds. The Labute approximate surface area is 248 Å². The third-order valence-electron chi connectivity index (χ3n) is 5.35. The van der Waals surface area contributed by atoms with Crippen LogP contribution in [-0.2, 0) is 13.8 Å². The summed E-state index contributed by atoms with van der Waals surface area (Å²) in [6, 6.07) is 0. The Kier molecular flexibility index (Phi) is 17.8. The number of rotatable bonds is 12. The maximum Gasteiger partial charge on any atom is 1.00 e. The summed E-state index contributed by atoms with van der Waals surface area (Å²) in [6.07, 6.45) is 4.84. The van der Waals surface area contributed by atoms with Gasteiger partial charge >= 0.3 is 64.8 Å². The summed E-state index contributed by atoms with van der Waals surface area (Å²) in [5.41, 5.74) is -1.64. The van der Waals surface area contributed by atoms with Crippen LogP contribution in [0.4, 0.5) is 0 Å². The number of aliphatic hydroxyl groups excluding tert-OH is 2. The van der Waals surface area contributed by atoms with Gasteiger partial charge in [-0.05, 0) is 6.42 Å². The molecule has 1 aromatic heterocycles. The minimum atomic E-state index is -5.32. The van der Waals surface area contributed by atoms with E-state index in [2.05, 4.69) is 28.3 Å². The second kappa shape index (κ2) is 17.7. The fraction of sp³-hybridized carbons (Fsp3) is 0.714. The van der Waals surface area contributed by atoms with Gasteiger partial charge in [0, 0.05) is 12.6 Å². The molecular weight excluding hydrogens is 501 g/mol. The van der Waals surface area contributed by atoms with E-state index in [1.165, 1.54) is 32.1 Å². The zero-order valence-electron chi connectivity index (χ0n) is 20.6. The molecule has 35 heavy (non-hydrogen) atoms. The van der Waals surface area contributed by atoms with Crippen molar-refractivity contribution in [2.24, 2.45) is 0 Å². The summed E-state index contributed by atoms with van der Waals surface area (Å²) in [6.45, 7) is 1.35. The predicted molar refractivity (Wildman–Crippen MR) is 115 cm³/mol.